The molecule has 8 aromatic rings. The van der Waals surface area contributed by atoms with Gasteiger partial charge in [-0.2, -0.15) is 0 Å². The summed E-state index contributed by atoms with van der Waals surface area (Å²) in [7, 11) is 3.31. The fourth-order valence-corrected chi connectivity index (χ4v) is 6.09. The maximum absolute atomic E-state index is 14.5. The van der Waals surface area contributed by atoms with Gasteiger partial charge in [-0.1, -0.05) is 0 Å². The van der Waals surface area contributed by atoms with Crippen LogP contribution in [-0.4, -0.2) is 45.1 Å². The predicted octanol–water partition coefficient (Wildman–Crippen LogP) is 8.75. The number of carbonyl (C=O) groups excluding carboxylic acids is 1. The van der Waals surface area contributed by atoms with E-state index < -0.39 is 63.9 Å². The van der Waals surface area contributed by atoms with E-state index in [9.17, 15) is 39.9 Å². The Hall–Kier alpha value is -7.51. The molecule has 2 amide bonds. The number of anilines is 4. The summed E-state index contributed by atoms with van der Waals surface area (Å²) >= 11 is 0. The SMILES string of the molecule is Cc1cc(F)ccc1-c1nc(N(C(N)=O)c2c(F)cc(F)cc2F)c2ncn(C)c2n1.Cc1cc(F)ccc1-c1nc(Nc2c(F)cc(F)cc2F)c2ncn(C)c2n1. The number of imidazole rings is 2. The third-order valence-corrected chi connectivity index (χ3v) is 8.85. The van der Waals surface area contributed by atoms with E-state index in [0.717, 1.165) is 0 Å². The quantitative estimate of drug-likeness (QED) is 0.159. The number of urea groups is 1. The predicted molar refractivity (Wildman–Crippen MR) is 201 cm³/mol. The minimum atomic E-state index is -1.36. The van der Waals surface area contributed by atoms with Gasteiger partial charge < -0.3 is 20.2 Å². The first-order valence-electron chi connectivity index (χ1n) is 17.1. The molecular weight excluding hydrogens is 790 g/mol. The summed E-state index contributed by atoms with van der Waals surface area (Å²) in [6.45, 7) is 3.32. The lowest BCUT2D eigenvalue weighted by Gasteiger charge is -2.21. The van der Waals surface area contributed by atoms with Gasteiger partial charge in [-0.3, -0.25) is 0 Å². The van der Waals surface area contributed by atoms with E-state index in [2.05, 4.69) is 35.2 Å². The van der Waals surface area contributed by atoms with Gasteiger partial charge in [-0.15, -0.1) is 0 Å². The molecule has 3 N–H and O–H groups in total. The van der Waals surface area contributed by atoms with Crippen LogP contribution in [0.3, 0.4) is 0 Å². The van der Waals surface area contributed by atoms with Crippen LogP contribution in [-0.2, 0) is 14.1 Å². The highest BCUT2D eigenvalue weighted by Crippen LogP contribution is 2.36. The summed E-state index contributed by atoms with van der Waals surface area (Å²) < 4.78 is 114. The molecule has 0 unspecified atom stereocenters. The zero-order valence-corrected chi connectivity index (χ0v) is 31.0. The van der Waals surface area contributed by atoms with Gasteiger partial charge in [-0.25, -0.2) is 74.7 Å². The van der Waals surface area contributed by atoms with Crippen LogP contribution < -0.4 is 16.0 Å². The zero-order chi connectivity index (χ0) is 42.4. The molecule has 12 nitrogen and oxygen atoms in total. The molecule has 0 spiro atoms. The van der Waals surface area contributed by atoms with Crippen molar-refractivity contribution in [3.05, 3.63) is 131 Å². The monoisotopic (exact) mass is 817 g/mol. The fourth-order valence-electron chi connectivity index (χ4n) is 6.09. The van der Waals surface area contributed by atoms with Gasteiger partial charge in [0.05, 0.1) is 12.7 Å². The summed E-state index contributed by atoms with van der Waals surface area (Å²) in [6, 6.07) is 8.68. The summed E-state index contributed by atoms with van der Waals surface area (Å²) in [6.07, 6.45) is 2.84. The molecule has 300 valence electrons. The van der Waals surface area contributed by atoms with Gasteiger partial charge >= 0.3 is 6.03 Å². The van der Waals surface area contributed by atoms with E-state index in [1.165, 1.54) is 53.6 Å². The molecule has 0 saturated heterocycles. The smallest absolute Gasteiger partial charge is 0.325 e. The Morgan fingerprint density at radius 3 is 1.56 bits per heavy atom. The molecule has 20 heteroatoms. The van der Waals surface area contributed by atoms with Crippen LogP contribution in [0.25, 0.3) is 45.1 Å². The minimum absolute atomic E-state index is 0.0212. The van der Waals surface area contributed by atoms with E-state index in [-0.39, 0.29) is 40.0 Å². The molecule has 0 atom stereocenters. The third-order valence-electron chi connectivity index (χ3n) is 8.85. The van der Waals surface area contributed by atoms with Crippen LogP contribution in [0.5, 0.6) is 0 Å². The number of aryl methyl sites for hydroxylation is 4. The first-order valence-corrected chi connectivity index (χ1v) is 17.1. The average molecular weight is 818 g/mol. The van der Waals surface area contributed by atoms with E-state index in [1.807, 2.05) is 0 Å². The normalized spacial score (nSPS) is 11.2. The Bertz CT molecular complexity index is 2920. The van der Waals surface area contributed by atoms with Crippen LogP contribution in [0, 0.1) is 60.4 Å². The number of hydrogen-bond donors (Lipinski definition) is 2. The molecule has 4 aromatic heterocycles. The number of primary amides is 1. The highest BCUT2D eigenvalue weighted by atomic mass is 19.2. The number of rotatable bonds is 6. The zero-order valence-electron chi connectivity index (χ0n) is 31.0. The van der Waals surface area contributed by atoms with Gasteiger partial charge in [0.2, 0.25) is 0 Å². The highest BCUT2D eigenvalue weighted by Gasteiger charge is 2.29. The van der Waals surface area contributed by atoms with Crippen molar-refractivity contribution in [3.8, 4) is 22.8 Å². The second-order valence-corrected chi connectivity index (χ2v) is 13.0. The topological polar surface area (TPSA) is 146 Å². The molecule has 0 aliphatic rings. The second-order valence-electron chi connectivity index (χ2n) is 13.0. The number of halogens is 8. The second kappa shape index (κ2) is 15.4. The Labute approximate surface area is 327 Å². The van der Waals surface area contributed by atoms with Crippen LogP contribution in [0.15, 0.2) is 73.3 Å². The molecule has 8 rings (SSSR count). The summed E-state index contributed by atoms with van der Waals surface area (Å²) in [5, 5.41) is 2.55. The largest absolute Gasteiger partial charge is 0.351 e. The molecule has 0 bridgehead atoms. The lowest BCUT2D eigenvalue weighted by Crippen LogP contribution is -2.34. The summed E-state index contributed by atoms with van der Waals surface area (Å²) in [5.41, 5.74) is 6.90. The maximum atomic E-state index is 14.5. The van der Waals surface area contributed by atoms with Crippen molar-refractivity contribution in [2.45, 2.75) is 13.8 Å². The van der Waals surface area contributed by atoms with Crippen molar-refractivity contribution in [3.63, 3.8) is 0 Å². The van der Waals surface area contributed by atoms with Gasteiger partial charge in [0.1, 0.15) is 34.6 Å². The molecule has 0 aliphatic carbocycles. The van der Waals surface area contributed by atoms with Crippen molar-refractivity contribution in [2.75, 3.05) is 10.2 Å². The van der Waals surface area contributed by atoms with Crippen molar-refractivity contribution in [2.24, 2.45) is 19.8 Å². The lowest BCUT2D eigenvalue weighted by molar-refractivity contribution is 0.255. The van der Waals surface area contributed by atoms with Crippen LogP contribution in [0.1, 0.15) is 11.1 Å². The molecule has 4 heterocycles. The van der Waals surface area contributed by atoms with E-state index >= 15 is 0 Å². The van der Waals surface area contributed by atoms with Crippen molar-refractivity contribution in [1.29, 1.82) is 0 Å². The number of aromatic nitrogens is 8. The average Bonchev–Trinajstić information content (AvgIpc) is 3.72. The van der Waals surface area contributed by atoms with Crippen LogP contribution in [0.4, 0.5) is 62.9 Å². The molecule has 0 aliphatic heterocycles. The third kappa shape index (κ3) is 7.66. The fraction of sp³-hybridized carbons (Fsp3) is 0.103. The number of carbonyl (C=O) groups is 1. The number of nitrogens with one attached hydrogen (secondary N) is 1. The van der Waals surface area contributed by atoms with E-state index in [1.54, 1.807) is 32.5 Å². The number of nitrogens with zero attached hydrogens (tertiary/aromatic N) is 9. The number of amides is 2. The van der Waals surface area contributed by atoms with Crippen molar-refractivity contribution in [1.82, 2.24) is 39.0 Å². The number of benzene rings is 4. The van der Waals surface area contributed by atoms with E-state index in [0.29, 0.717) is 57.1 Å². The highest BCUT2D eigenvalue weighted by molar-refractivity contribution is 6.04. The Morgan fingerprint density at radius 1 is 0.610 bits per heavy atom. The van der Waals surface area contributed by atoms with Gasteiger partial charge in [-0.05, 0) is 61.4 Å². The Kier molecular flexibility index (Phi) is 10.4. The van der Waals surface area contributed by atoms with Crippen molar-refractivity contribution >= 4 is 51.4 Å². The van der Waals surface area contributed by atoms with Gasteiger partial charge in [0.25, 0.3) is 0 Å². The first-order chi connectivity index (χ1) is 28.0. The molecule has 0 radical (unpaired) electrons. The van der Waals surface area contributed by atoms with Crippen LogP contribution >= 0.6 is 0 Å². The maximum Gasteiger partial charge on any atom is 0.325 e. The number of fused-ring (bicyclic) bond motifs is 2. The standard InChI is InChI=1S/C20H14F4N6O.C19H13F4N5/c1-9-5-10(21)3-4-12(9)17-27-18-15(26-8-29(18)2)19(28-17)30(20(25)31)16-13(23)6-11(22)7-14(16)24;1-9-5-10(20)3-4-12(9)17-26-18(16-19(27-17)28(2)8-24-16)25-15-13(22)6-11(21)7-14(15)23/h3-8H,1-2H3,(H2,25,31);3-8H,1-2H3,(H,25,26,27). The first kappa shape index (κ1) is 39.7. The lowest BCUT2D eigenvalue weighted by atomic mass is 10.1. The molecule has 0 fully saturated rings. The minimum Gasteiger partial charge on any atom is -0.351 e. The Morgan fingerprint density at radius 2 is 1.07 bits per heavy atom. The number of nitrogens with two attached hydrogens (primary N) is 1. The summed E-state index contributed by atoms with van der Waals surface area (Å²) in [4.78, 5) is 38.4. The summed E-state index contributed by atoms with van der Waals surface area (Å²) in [5.74, 6) is -8.05. The molecule has 59 heavy (non-hydrogen) atoms. The van der Waals surface area contributed by atoms with Crippen LogP contribution in [0.2, 0.25) is 0 Å². The molecular formula is C39H27F8N11O. The molecule has 0 saturated carbocycles. The van der Waals surface area contributed by atoms with E-state index in [4.69, 9.17) is 5.73 Å². The molecule has 4 aromatic carbocycles. The van der Waals surface area contributed by atoms with Crippen molar-refractivity contribution < 1.29 is 39.9 Å². The van der Waals surface area contributed by atoms with Gasteiger partial charge in [0, 0.05) is 49.5 Å². The van der Waals surface area contributed by atoms with Gasteiger partial charge in [0.15, 0.2) is 68.9 Å². The number of hydrogen-bond acceptors (Lipinski definition) is 8. The Balaban J connectivity index is 0.000000180.